The van der Waals surface area contributed by atoms with Gasteiger partial charge in [0, 0.05) is 6.07 Å². The SMILES string of the molecule is Cc1nonc1Cn1nc(Br)cc1Br. The molecule has 0 fully saturated rings. The smallest absolute Gasteiger partial charge is 0.129 e. The average molecular weight is 322 g/mol. The first-order chi connectivity index (χ1) is 6.66. The highest BCUT2D eigenvalue weighted by Gasteiger charge is 2.09. The van der Waals surface area contributed by atoms with Gasteiger partial charge in [0.05, 0.1) is 6.54 Å². The number of aryl methyl sites for hydroxylation is 1. The summed E-state index contributed by atoms with van der Waals surface area (Å²) in [5.74, 6) is 0. The molecule has 0 aromatic carbocycles. The standard InChI is InChI=1S/C7H6Br2N4O/c1-4-5(12-14-11-4)3-13-7(9)2-6(8)10-13/h2H,3H2,1H3. The number of aromatic nitrogens is 4. The van der Waals surface area contributed by atoms with Gasteiger partial charge in [-0.15, -0.1) is 0 Å². The van der Waals surface area contributed by atoms with Crippen molar-refractivity contribution in [2.24, 2.45) is 0 Å². The lowest BCUT2D eigenvalue weighted by atomic mass is 10.3. The molecule has 74 valence electrons. The topological polar surface area (TPSA) is 56.7 Å². The summed E-state index contributed by atoms with van der Waals surface area (Å²) in [6.45, 7) is 2.39. The van der Waals surface area contributed by atoms with Crippen molar-refractivity contribution in [3.8, 4) is 0 Å². The van der Waals surface area contributed by atoms with Gasteiger partial charge >= 0.3 is 0 Å². The predicted octanol–water partition coefficient (Wildman–Crippen LogP) is 2.15. The van der Waals surface area contributed by atoms with Gasteiger partial charge in [0.15, 0.2) is 0 Å². The van der Waals surface area contributed by atoms with Crippen LogP contribution in [0.15, 0.2) is 19.9 Å². The van der Waals surface area contributed by atoms with Crippen molar-refractivity contribution in [2.75, 3.05) is 0 Å². The van der Waals surface area contributed by atoms with Gasteiger partial charge in [0.1, 0.15) is 20.6 Å². The highest BCUT2D eigenvalue weighted by molar-refractivity contribution is 9.11. The normalized spacial score (nSPS) is 10.8. The molecule has 0 saturated heterocycles. The summed E-state index contributed by atoms with van der Waals surface area (Å²) < 4.78 is 8.01. The molecule has 2 rings (SSSR count). The van der Waals surface area contributed by atoms with Gasteiger partial charge in [0.25, 0.3) is 0 Å². The van der Waals surface area contributed by atoms with Gasteiger partial charge in [-0.05, 0) is 38.8 Å². The molecular weight excluding hydrogens is 316 g/mol. The summed E-state index contributed by atoms with van der Waals surface area (Å²) in [7, 11) is 0. The number of halogens is 2. The van der Waals surface area contributed by atoms with E-state index >= 15 is 0 Å². The Bertz CT molecular complexity index is 450. The summed E-state index contributed by atoms with van der Waals surface area (Å²) in [6, 6.07) is 1.86. The lowest BCUT2D eigenvalue weighted by molar-refractivity contribution is 0.300. The molecular formula is C7H6Br2N4O. The molecule has 0 unspecified atom stereocenters. The van der Waals surface area contributed by atoms with Gasteiger partial charge in [-0.2, -0.15) is 5.10 Å². The Morgan fingerprint density at radius 1 is 1.43 bits per heavy atom. The zero-order chi connectivity index (χ0) is 10.1. The fourth-order valence-electron chi connectivity index (χ4n) is 1.01. The largest absolute Gasteiger partial charge is 0.251 e. The predicted molar refractivity (Wildman–Crippen MR) is 55.8 cm³/mol. The highest BCUT2D eigenvalue weighted by Crippen LogP contribution is 2.17. The van der Waals surface area contributed by atoms with Gasteiger partial charge in [0.2, 0.25) is 0 Å². The summed E-state index contributed by atoms with van der Waals surface area (Å²) in [5, 5.41) is 11.7. The summed E-state index contributed by atoms with van der Waals surface area (Å²) in [5.41, 5.74) is 1.56. The quantitative estimate of drug-likeness (QED) is 0.850. The van der Waals surface area contributed by atoms with Crippen LogP contribution in [0.3, 0.4) is 0 Å². The lowest BCUT2D eigenvalue weighted by Gasteiger charge is -1.98. The molecule has 0 spiro atoms. The summed E-state index contributed by atoms with van der Waals surface area (Å²) in [6.07, 6.45) is 0. The van der Waals surface area contributed by atoms with Gasteiger partial charge in [-0.25, -0.2) is 4.63 Å². The van der Waals surface area contributed by atoms with E-state index in [0.717, 1.165) is 20.6 Å². The van der Waals surface area contributed by atoms with Gasteiger partial charge < -0.3 is 0 Å². The Balaban J connectivity index is 2.27. The van der Waals surface area contributed by atoms with E-state index in [2.05, 4.69) is 51.9 Å². The molecule has 0 radical (unpaired) electrons. The van der Waals surface area contributed by atoms with Crippen LogP contribution in [0.1, 0.15) is 11.4 Å². The van der Waals surface area contributed by atoms with E-state index in [9.17, 15) is 0 Å². The molecule has 0 aliphatic heterocycles. The first kappa shape index (κ1) is 9.85. The first-order valence-electron chi connectivity index (χ1n) is 3.83. The van der Waals surface area contributed by atoms with E-state index < -0.39 is 0 Å². The molecule has 2 aromatic heterocycles. The Morgan fingerprint density at radius 2 is 2.21 bits per heavy atom. The van der Waals surface area contributed by atoms with Crippen LogP contribution >= 0.6 is 31.9 Å². The third kappa shape index (κ3) is 1.88. The molecule has 14 heavy (non-hydrogen) atoms. The van der Waals surface area contributed by atoms with Gasteiger partial charge in [-0.3, -0.25) is 4.68 Å². The van der Waals surface area contributed by atoms with Crippen LogP contribution in [-0.4, -0.2) is 20.1 Å². The molecule has 0 atom stereocenters. The maximum Gasteiger partial charge on any atom is 0.129 e. The zero-order valence-electron chi connectivity index (χ0n) is 7.24. The Kier molecular flexibility index (Phi) is 2.69. The third-order valence-electron chi connectivity index (χ3n) is 1.75. The van der Waals surface area contributed by atoms with E-state index in [4.69, 9.17) is 0 Å². The number of rotatable bonds is 2. The van der Waals surface area contributed by atoms with Crippen molar-refractivity contribution in [3.05, 3.63) is 26.7 Å². The molecule has 7 heteroatoms. The van der Waals surface area contributed by atoms with Crippen LogP contribution in [0.2, 0.25) is 0 Å². The second-order valence-corrected chi connectivity index (χ2v) is 4.37. The minimum Gasteiger partial charge on any atom is -0.251 e. The maximum atomic E-state index is 4.60. The molecule has 2 aromatic rings. The van der Waals surface area contributed by atoms with E-state index in [1.165, 1.54) is 0 Å². The van der Waals surface area contributed by atoms with Gasteiger partial charge in [-0.1, -0.05) is 10.3 Å². The molecule has 0 saturated carbocycles. The molecule has 0 aliphatic rings. The monoisotopic (exact) mass is 320 g/mol. The average Bonchev–Trinajstić information content (AvgIpc) is 2.62. The molecule has 0 amide bonds. The summed E-state index contributed by atoms with van der Waals surface area (Å²) >= 11 is 6.66. The van der Waals surface area contributed by atoms with Crippen molar-refractivity contribution < 1.29 is 4.63 Å². The molecule has 0 bridgehead atoms. The summed E-state index contributed by atoms with van der Waals surface area (Å²) in [4.78, 5) is 0. The second kappa shape index (κ2) is 3.82. The Hall–Kier alpha value is -0.690. The van der Waals surface area contributed by atoms with Crippen molar-refractivity contribution >= 4 is 31.9 Å². The van der Waals surface area contributed by atoms with Crippen LogP contribution in [0.5, 0.6) is 0 Å². The molecule has 2 heterocycles. The molecule has 0 aliphatic carbocycles. The molecule has 5 nitrogen and oxygen atoms in total. The van der Waals surface area contributed by atoms with Crippen LogP contribution in [0.25, 0.3) is 0 Å². The number of hydrogen-bond donors (Lipinski definition) is 0. The van der Waals surface area contributed by atoms with Crippen molar-refractivity contribution in [3.63, 3.8) is 0 Å². The van der Waals surface area contributed by atoms with Crippen molar-refractivity contribution in [2.45, 2.75) is 13.5 Å². The maximum absolute atomic E-state index is 4.60. The second-order valence-electron chi connectivity index (χ2n) is 2.74. The third-order valence-corrected chi connectivity index (χ3v) is 2.77. The highest BCUT2D eigenvalue weighted by atomic mass is 79.9. The number of nitrogens with zero attached hydrogens (tertiary/aromatic N) is 4. The van der Waals surface area contributed by atoms with Crippen LogP contribution in [0.4, 0.5) is 0 Å². The van der Waals surface area contributed by atoms with E-state index in [1.807, 2.05) is 13.0 Å². The minimum atomic E-state index is 0.543. The van der Waals surface area contributed by atoms with E-state index in [0.29, 0.717) is 6.54 Å². The fraction of sp³-hybridized carbons (Fsp3) is 0.286. The van der Waals surface area contributed by atoms with Crippen LogP contribution < -0.4 is 0 Å². The fourth-order valence-corrected chi connectivity index (χ4v) is 2.15. The minimum absolute atomic E-state index is 0.543. The van der Waals surface area contributed by atoms with Crippen molar-refractivity contribution in [1.82, 2.24) is 20.1 Å². The van der Waals surface area contributed by atoms with Crippen molar-refractivity contribution in [1.29, 1.82) is 0 Å². The zero-order valence-corrected chi connectivity index (χ0v) is 10.4. The first-order valence-corrected chi connectivity index (χ1v) is 5.42. The Labute approximate surface area is 96.7 Å². The van der Waals surface area contributed by atoms with E-state index in [1.54, 1.807) is 4.68 Å². The molecule has 0 N–H and O–H groups in total. The van der Waals surface area contributed by atoms with Crippen LogP contribution in [-0.2, 0) is 6.54 Å². The number of hydrogen-bond acceptors (Lipinski definition) is 4. The van der Waals surface area contributed by atoms with E-state index in [-0.39, 0.29) is 0 Å². The van der Waals surface area contributed by atoms with Crippen LogP contribution in [0, 0.1) is 6.92 Å². The lowest BCUT2D eigenvalue weighted by Crippen LogP contribution is -2.03. The Morgan fingerprint density at radius 3 is 2.71 bits per heavy atom.